The SMILES string of the molecule is CC(C)(C)N(C(=O)O)[C@@H]1CCC(C)(O)C(C)(C)C1. The molecule has 1 fully saturated rings. The van der Waals surface area contributed by atoms with Crippen molar-refractivity contribution in [2.75, 3.05) is 0 Å². The predicted octanol–water partition coefficient (Wildman–Crippen LogP) is 3.09. The molecule has 0 aromatic rings. The fourth-order valence-corrected chi connectivity index (χ4v) is 2.91. The smallest absolute Gasteiger partial charge is 0.407 e. The van der Waals surface area contributed by atoms with Crippen LogP contribution in [0.4, 0.5) is 4.79 Å². The van der Waals surface area contributed by atoms with Gasteiger partial charge in [-0.2, -0.15) is 0 Å². The summed E-state index contributed by atoms with van der Waals surface area (Å²) in [6, 6.07) is -0.0160. The standard InChI is InChI=1S/C14H27NO3/c1-12(2,3)15(11(16)17)10-7-8-14(6,18)13(4,5)9-10/h10,18H,7-9H2,1-6H3,(H,16,17)/t10-,14?/m1/s1. The lowest BCUT2D eigenvalue weighted by Gasteiger charge is -2.51. The summed E-state index contributed by atoms with van der Waals surface area (Å²) in [6.07, 6.45) is 1.19. The van der Waals surface area contributed by atoms with E-state index in [9.17, 15) is 15.0 Å². The molecule has 0 heterocycles. The Morgan fingerprint density at radius 2 is 1.78 bits per heavy atom. The highest BCUT2D eigenvalue weighted by molar-refractivity contribution is 5.66. The topological polar surface area (TPSA) is 60.8 Å². The Balaban J connectivity index is 2.96. The number of amides is 1. The lowest BCUT2D eigenvalue weighted by Crippen LogP contribution is -2.58. The number of hydrogen-bond donors (Lipinski definition) is 2. The van der Waals surface area contributed by atoms with Crippen molar-refractivity contribution in [2.24, 2.45) is 5.41 Å². The van der Waals surface area contributed by atoms with E-state index in [1.54, 1.807) is 4.90 Å². The highest BCUT2D eigenvalue weighted by Gasteiger charge is 2.48. The van der Waals surface area contributed by atoms with E-state index in [0.29, 0.717) is 12.8 Å². The maximum atomic E-state index is 11.5. The molecule has 18 heavy (non-hydrogen) atoms. The molecule has 1 aliphatic rings. The average molecular weight is 257 g/mol. The van der Waals surface area contributed by atoms with Crippen molar-refractivity contribution in [3.63, 3.8) is 0 Å². The second-order valence-electron chi connectivity index (χ2n) is 7.38. The molecule has 0 aliphatic heterocycles. The number of carbonyl (C=O) groups is 1. The van der Waals surface area contributed by atoms with Crippen LogP contribution in [-0.2, 0) is 0 Å². The van der Waals surface area contributed by atoms with Gasteiger partial charge in [0, 0.05) is 11.6 Å². The second-order valence-corrected chi connectivity index (χ2v) is 7.38. The Kier molecular flexibility index (Phi) is 3.74. The van der Waals surface area contributed by atoms with E-state index >= 15 is 0 Å². The predicted molar refractivity (Wildman–Crippen MR) is 71.7 cm³/mol. The molecule has 0 aromatic heterocycles. The van der Waals surface area contributed by atoms with E-state index < -0.39 is 17.2 Å². The molecule has 1 amide bonds. The van der Waals surface area contributed by atoms with Crippen LogP contribution in [0.3, 0.4) is 0 Å². The monoisotopic (exact) mass is 257 g/mol. The molecule has 4 nitrogen and oxygen atoms in total. The van der Waals surface area contributed by atoms with E-state index in [0.717, 1.165) is 6.42 Å². The van der Waals surface area contributed by atoms with E-state index in [1.807, 2.05) is 41.5 Å². The Hall–Kier alpha value is -0.770. The molecule has 0 bridgehead atoms. The Morgan fingerprint density at radius 1 is 1.28 bits per heavy atom. The summed E-state index contributed by atoms with van der Waals surface area (Å²) in [4.78, 5) is 13.0. The second kappa shape index (κ2) is 4.41. The van der Waals surface area contributed by atoms with Gasteiger partial charge in [0.25, 0.3) is 0 Å². The molecule has 4 heteroatoms. The van der Waals surface area contributed by atoms with Crippen molar-refractivity contribution < 1.29 is 15.0 Å². The van der Waals surface area contributed by atoms with Crippen LogP contribution in [0.15, 0.2) is 0 Å². The van der Waals surface area contributed by atoms with Gasteiger partial charge in [-0.15, -0.1) is 0 Å². The lowest BCUT2D eigenvalue weighted by atomic mass is 9.64. The molecule has 106 valence electrons. The van der Waals surface area contributed by atoms with Crippen molar-refractivity contribution >= 4 is 6.09 Å². The van der Waals surface area contributed by atoms with Crippen LogP contribution in [-0.4, -0.2) is 38.4 Å². The van der Waals surface area contributed by atoms with Gasteiger partial charge in [0.05, 0.1) is 5.60 Å². The summed E-state index contributed by atoms with van der Waals surface area (Å²) in [5, 5.41) is 19.8. The van der Waals surface area contributed by atoms with E-state index in [-0.39, 0.29) is 11.5 Å². The maximum absolute atomic E-state index is 11.5. The van der Waals surface area contributed by atoms with Crippen molar-refractivity contribution in [3.8, 4) is 0 Å². The summed E-state index contributed by atoms with van der Waals surface area (Å²) in [7, 11) is 0. The molecule has 0 radical (unpaired) electrons. The molecule has 1 rings (SSSR count). The average Bonchev–Trinajstić information content (AvgIpc) is 2.08. The molecule has 0 spiro atoms. The highest BCUT2D eigenvalue weighted by atomic mass is 16.4. The van der Waals surface area contributed by atoms with Crippen LogP contribution in [0.25, 0.3) is 0 Å². The molecule has 2 atom stereocenters. The van der Waals surface area contributed by atoms with Gasteiger partial charge in [-0.25, -0.2) is 4.79 Å². The van der Waals surface area contributed by atoms with Gasteiger partial charge in [-0.1, -0.05) is 13.8 Å². The molecule has 1 aliphatic carbocycles. The third-order valence-corrected chi connectivity index (χ3v) is 4.46. The Morgan fingerprint density at radius 3 is 2.11 bits per heavy atom. The Labute approximate surface area is 110 Å². The summed E-state index contributed by atoms with van der Waals surface area (Å²) in [6.45, 7) is 11.6. The van der Waals surface area contributed by atoms with Crippen LogP contribution in [0.1, 0.15) is 60.8 Å². The van der Waals surface area contributed by atoms with E-state index in [1.165, 1.54) is 0 Å². The first-order valence-corrected chi connectivity index (χ1v) is 6.63. The third kappa shape index (κ3) is 2.79. The summed E-state index contributed by atoms with van der Waals surface area (Å²) < 4.78 is 0. The van der Waals surface area contributed by atoms with Crippen LogP contribution in [0, 0.1) is 5.41 Å². The van der Waals surface area contributed by atoms with Gasteiger partial charge < -0.3 is 15.1 Å². The molecule has 2 N–H and O–H groups in total. The summed E-state index contributed by atoms with van der Waals surface area (Å²) in [5.41, 5.74) is -1.39. The van der Waals surface area contributed by atoms with Crippen LogP contribution < -0.4 is 0 Å². The normalized spacial score (nSPS) is 32.1. The molecule has 0 aromatic carbocycles. The van der Waals surface area contributed by atoms with Crippen LogP contribution >= 0.6 is 0 Å². The number of rotatable bonds is 1. The first-order chi connectivity index (χ1) is 7.88. The zero-order valence-corrected chi connectivity index (χ0v) is 12.4. The molecule has 0 saturated heterocycles. The zero-order chi connectivity index (χ0) is 14.4. The fraction of sp³-hybridized carbons (Fsp3) is 0.929. The van der Waals surface area contributed by atoms with Crippen LogP contribution in [0.2, 0.25) is 0 Å². The van der Waals surface area contributed by atoms with Gasteiger partial charge >= 0.3 is 6.09 Å². The van der Waals surface area contributed by atoms with Gasteiger partial charge in [-0.3, -0.25) is 0 Å². The van der Waals surface area contributed by atoms with Gasteiger partial charge in [0.2, 0.25) is 0 Å². The number of hydrogen-bond acceptors (Lipinski definition) is 2. The lowest BCUT2D eigenvalue weighted by molar-refractivity contribution is -0.107. The summed E-state index contributed by atoms with van der Waals surface area (Å²) in [5.74, 6) is 0. The largest absolute Gasteiger partial charge is 0.465 e. The number of aliphatic hydroxyl groups is 1. The van der Waals surface area contributed by atoms with Crippen LogP contribution in [0.5, 0.6) is 0 Å². The van der Waals surface area contributed by atoms with E-state index in [2.05, 4.69) is 0 Å². The minimum Gasteiger partial charge on any atom is -0.465 e. The van der Waals surface area contributed by atoms with E-state index in [4.69, 9.17) is 0 Å². The van der Waals surface area contributed by atoms with Crippen molar-refractivity contribution in [3.05, 3.63) is 0 Å². The third-order valence-electron chi connectivity index (χ3n) is 4.46. The van der Waals surface area contributed by atoms with Gasteiger partial charge in [0.1, 0.15) is 0 Å². The van der Waals surface area contributed by atoms with Crippen molar-refractivity contribution in [2.45, 2.75) is 78.0 Å². The van der Waals surface area contributed by atoms with Crippen molar-refractivity contribution in [1.29, 1.82) is 0 Å². The molecule has 1 unspecified atom stereocenters. The quantitative estimate of drug-likeness (QED) is 0.759. The first kappa shape index (κ1) is 15.3. The number of carboxylic acid groups (broad SMARTS) is 1. The Bertz CT molecular complexity index is 328. The molecule has 1 saturated carbocycles. The summed E-state index contributed by atoms with van der Waals surface area (Å²) >= 11 is 0. The zero-order valence-electron chi connectivity index (χ0n) is 12.4. The molecular weight excluding hydrogens is 230 g/mol. The fourth-order valence-electron chi connectivity index (χ4n) is 2.91. The van der Waals surface area contributed by atoms with Gasteiger partial charge in [-0.05, 0) is 52.4 Å². The maximum Gasteiger partial charge on any atom is 0.407 e. The minimum atomic E-state index is -0.871. The highest BCUT2D eigenvalue weighted by Crippen LogP contribution is 2.45. The molecular formula is C14H27NO3. The number of nitrogens with zero attached hydrogens (tertiary/aromatic N) is 1. The minimum absolute atomic E-state index is 0.0160. The van der Waals surface area contributed by atoms with Gasteiger partial charge in [0.15, 0.2) is 0 Å². The first-order valence-electron chi connectivity index (χ1n) is 6.63. The van der Waals surface area contributed by atoms with Crippen molar-refractivity contribution in [1.82, 2.24) is 4.90 Å².